The van der Waals surface area contributed by atoms with Crippen LogP contribution in [0.5, 0.6) is 0 Å². The average molecular weight is 254 g/mol. The molecule has 0 bridgehead atoms. The summed E-state index contributed by atoms with van der Waals surface area (Å²) in [5.74, 6) is -0.141. The Bertz CT molecular complexity index is 534. The molecule has 2 aromatic carbocycles. The van der Waals surface area contributed by atoms with Gasteiger partial charge in [0, 0.05) is 12.7 Å². The van der Waals surface area contributed by atoms with Gasteiger partial charge in [-0.15, -0.1) is 0 Å². The van der Waals surface area contributed by atoms with Crippen molar-refractivity contribution in [2.75, 3.05) is 12.8 Å². The zero-order valence-corrected chi connectivity index (χ0v) is 11.0. The number of hydrogen-bond acceptors (Lipinski definition) is 2. The summed E-state index contributed by atoms with van der Waals surface area (Å²) >= 11 is 0. The highest BCUT2D eigenvalue weighted by molar-refractivity contribution is 5.83. The fraction of sp³-hybridized carbons (Fsp3) is 0.188. The van der Waals surface area contributed by atoms with Gasteiger partial charge in [0.05, 0.1) is 5.92 Å². The summed E-state index contributed by atoms with van der Waals surface area (Å²) in [4.78, 5) is 12.0. The Balaban J connectivity index is 2.24. The third-order valence-electron chi connectivity index (χ3n) is 3.18. The first-order chi connectivity index (χ1) is 9.20. The first kappa shape index (κ1) is 13.1. The highest BCUT2D eigenvalue weighted by Crippen LogP contribution is 2.21. The minimum Gasteiger partial charge on any atom is -0.399 e. The minimum atomic E-state index is -0.171. The largest absolute Gasteiger partial charge is 0.399 e. The van der Waals surface area contributed by atoms with Crippen LogP contribution in [-0.4, -0.2) is 13.0 Å². The van der Waals surface area contributed by atoms with E-state index in [4.69, 9.17) is 5.73 Å². The van der Waals surface area contributed by atoms with Gasteiger partial charge in [-0.1, -0.05) is 42.5 Å². The van der Waals surface area contributed by atoms with Gasteiger partial charge in [0.2, 0.25) is 5.91 Å². The van der Waals surface area contributed by atoms with Gasteiger partial charge in [-0.25, -0.2) is 0 Å². The van der Waals surface area contributed by atoms with Crippen molar-refractivity contribution >= 4 is 11.6 Å². The fourth-order valence-electron chi connectivity index (χ4n) is 2.11. The van der Waals surface area contributed by atoms with Crippen molar-refractivity contribution in [3.8, 4) is 0 Å². The van der Waals surface area contributed by atoms with Crippen LogP contribution in [-0.2, 0) is 11.2 Å². The molecule has 0 aliphatic heterocycles. The number of carbonyl (C=O) groups is 1. The van der Waals surface area contributed by atoms with Crippen LogP contribution in [0.4, 0.5) is 5.69 Å². The quantitative estimate of drug-likeness (QED) is 0.823. The number of nitrogens with two attached hydrogens (primary N) is 1. The molecule has 19 heavy (non-hydrogen) atoms. The van der Waals surface area contributed by atoms with Crippen molar-refractivity contribution in [2.24, 2.45) is 0 Å². The van der Waals surface area contributed by atoms with Gasteiger partial charge in [-0.2, -0.15) is 0 Å². The molecule has 0 spiro atoms. The van der Waals surface area contributed by atoms with Crippen molar-refractivity contribution in [1.29, 1.82) is 0 Å². The van der Waals surface area contributed by atoms with E-state index in [1.807, 2.05) is 54.6 Å². The van der Waals surface area contributed by atoms with Crippen LogP contribution >= 0.6 is 0 Å². The normalized spacial score (nSPS) is 11.8. The molecule has 3 nitrogen and oxygen atoms in total. The monoisotopic (exact) mass is 254 g/mol. The molecule has 98 valence electrons. The van der Waals surface area contributed by atoms with Gasteiger partial charge in [-0.05, 0) is 29.7 Å². The lowest BCUT2D eigenvalue weighted by Crippen LogP contribution is -2.27. The number of likely N-dealkylation sites (N-methyl/N-ethyl adjacent to an activating group) is 1. The highest BCUT2D eigenvalue weighted by atomic mass is 16.1. The molecule has 1 atom stereocenters. The Morgan fingerprint density at radius 2 is 1.74 bits per heavy atom. The number of carbonyl (C=O) groups excluding carboxylic acids is 1. The van der Waals surface area contributed by atoms with Crippen molar-refractivity contribution in [2.45, 2.75) is 12.3 Å². The summed E-state index contributed by atoms with van der Waals surface area (Å²) in [6.07, 6.45) is 0.671. The Morgan fingerprint density at radius 3 is 2.32 bits per heavy atom. The molecule has 1 unspecified atom stereocenters. The molecule has 0 fully saturated rings. The molecule has 0 radical (unpaired) electrons. The van der Waals surface area contributed by atoms with Crippen LogP contribution in [0.25, 0.3) is 0 Å². The predicted molar refractivity (Wildman–Crippen MR) is 77.8 cm³/mol. The highest BCUT2D eigenvalue weighted by Gasteiger charge is 2.19. The summed E-state index contributed by atoms with van der Waals surface area (Å²) in [6, 6.07) is 17.5. The SMILES string of the molecule is CNC(=O)C(Cc1ccc(N)cc1)c1ccccc1. The first-order valence-corrected chi connectivity index (χ1v) is 6.31. The van der Waals surface area contributed by atoms with E-state index in [0.717, 1.165) is 16.8 Å². The zero-order chi connectivity index (χ0) is 13.7. The second-order valence-electron chi connectivity index (χ2n) is 4.52. The second-order valence-corrected chi connectivity index (χ2v) is 4.52. The maximum atomic E-state index is 12.0. The van der Waals surface area contributed by atoms with Crippen LogP contribution in [0.15, 0.2) is 54.6 Å². The van der Waals surface area contributed by atoms with E-state index in [1.165, 1.54) is 0 Å². The zero-order valence-electron chi connectivity index (χ0n) is 11.0. The lowest BCUT2D eigenvalue weighted by Gasteiger charge is -2.16. The van der Waals surface area contributed by atoms with E-state index < -0.39 is 0 Å². The number of benzene rings is 2. The molecular weight excluding hydrogens is 236 g/mol. The van der Waals surface area contributed by atoms with Crippen molar-refractivity contribution in [1.82, 2.24) is 5.32 Å². The first-order valence-electron chi connectivity index (χ1n) is 6.31. The number of nitrogens with one attached hydrogen (secondary N) is 1. The molecule has 0 aromatic heterocycles. The molecule has 3 N–H and O–H groups in total. The van der Waals surface area contributed by atoms with E-state index >= 15 is 0 Å². The Hall–Kier alpha value is -2.29. The average Bonchev–Trinajstić information content (AvgIpc) is 2.47. The van der Waals surface area contributed by atoms with Crippen molar-refractivity contribution < 1.29 is 4.79 Å². The lowest BCUT2D eigenvalue weighted by molar-refractivity contribution is -0.122. The third-order valence-corrected chi connectivity index (χ3v) is 3.18. The topological polar surface area (TPSA) is 55.1 Å². The molecule has 2 rings (SSSR count). The summed E-state index contributed by atoms with van der Waals surface area (Å²) in [7, 11) is 1.67. The van der Waals surface area contributed by atoms with Crippen LogP contribution in [0, 0.1) is 0 Å². The van der Waals surface area contributed by atoms with Gasteiger partial charge in [0.15, 0.2) is 0 Å². The summed E-state index contributed by atoms with van der Waals surface area (Å²) < 4.78 is 0. The third kappa shape index (κ3) is 3.35. The predicted octanol–water partition coefficient (Wildman–Crippen LogP) is 2.34. The van der Waals surface area contributed by atoms with Crippen molar-refractivity contribution in [3.63, 3.8) is 0 Å². The van der Waals surface area contributed by atoms with E-state index in [2.05, 4.69) is 5.32 Å². The van der Waals surface area contributed by atoms with E-state index in [9.17, 15) is 4.79 Å². The summed E-state index contributed by atoms with van der Waals surface area (Å²) in [6.45, 7) is 0. The molecule has 0 heterocycles. The van der Waals surface area contributed by atoms with E-state index in [-0.39, 0.29) is 11.8 Å². The Kier molecular flexibility index (Phi) is 4.18. The van der Waals surface area contributed by atoms with Gasteiger partial charge in [0.25, 0.3) is 0 Å². The molecule has 3 heteroatoms. The molecule has 0 aliphatic rings. The van der Waals surface area contributed by atoms with Crippen LogP contribution in [0.3, 0.4) is 0 Å². The summed E-state index contributed by atoms with van der Waals surface area (Å²) in [5, 5.41) is 2.73. The van der Waals surface area contributed by atoms with Gasteiger partial charge in [0.1, 0.15) is 0 Å². The standard InChI is InChI=1S/C16H18N2O/c1-18-16(19)15(13-5-3-2-4-6-13)11-12-7-9-14(17)10-8-12/h2-10,15H,11,17H2,1H3,(H,18,19). The lowest BCUT2D eigenvalue weighted by atomic mass is 9.91. The molecule has 0 aliphatic carbocycles. The van der Waals surface area contributed by atoms with Crippen LogP contribution in [0.1, 0.15) is 17.0 Å². The van der Waals surface area contributed by atoms with Gasteiger partial charge < -0.3 is 11.1 Å². The van der Waals surface area contributed by atoms with Gasteiger partial charge >= 0.3 is 0 Å². The van der Waals surface area contributed by atoms with E-state index in [1.54, 1.807) is 7.05 Å². The molecule has 2 aromatic rings. The minimum absolute atomic E-state index is 0.0306. The molecule has 0 saturated carbocycles. The second kappa shape index (κ2) is 6.05. The molecular formula is C16H18N2O. The number of rotatable bonds is 4. The molecule has 0 saturated heterocycles. The maximum Gasteiger partial charge on any atom is 0.227 e. The fourth-order valence-corrected chi connectivity index (χ4v) is 2.11. The molecule has 1 amide bonds. The Morgan fingerprint density at radius 1 is 1.11 bits per heavy atom. The maximum absolute atomic E-state index is 12.0. The number of nitrogen functional groups attached to an aromatic ring is 1. The van der Waals surface area contributed by atoms with Crippen LogP contribution in [0.2, 0.25) is 0 Å². The Labute approximate surface area is 113 Å². The summed E-state index contributed by atoms with van der Waals surface area (Å²) in [5.41, 5.74) is 8.54. The number of anilines is 1. The number of hydrogen-bond donors (Lipinski definition) is 2. The van der Waals surface area contributed by atoms with Crippen LogP contribution < -0.4 is 11.1 Å². The van der Waals surface area contributed by atoms with Crippen molar-refractivity contribution in [3.05, 3.63) is 65.7 Å². The smallest absolute Gasteiger partial charge is 0.227 e. The number of amides is 1. The van der Waals surface area contributed by atoms with E-state index in [0.29, 0.717) is 6.42 Å². The van der Waals surface area contributed by atoms with Gasteiger partial charge in [-0.3, -0.25) is 4.79 Å².